The molecular formula is C11H9N3O2. The van der Waals surface area contributed by atoms with Gasteiger partial charge in [-0.05, 0) is 17.7 Å². The van der Waals surface area contributed by atoms with E-state index in [2.05, 4.69) is 4.98 Å². The zero-order valence-corrected chi connectivity index (χ0v) is 8.33. The van der Waals surface area contributed by atoms with E-state index in [0.29, 0.717) is 16.9 Å². The molecule has 5 heteroatoms. The summed E-state index contributed by atoms with van der Waals surface area (Å²) in [7, 11) is 0. The van der Waals surface area contributed by atoms with Gasteiger partial charge in [-0.15, -0.1) is 0 Å². The average molecular weight is 215 g/mol. The second-order valence-corrected chi connectivity index (χ2v) is 3.24. The van der Waals surface area contributed by atoms with Gasteiger partial charge in [0.05, 0.1) is 4.92 Å². The van der Waals surface area contributed by atoms with Crippen LogP contribution in [0.2, 0.25) is 0 Å². The predicted octanol–water partition coefficient (Wildman–Crippen LogP) is 2.24. The number of nitrogen functional groups attached to an aromatic ring is 1. The van der Waals surface area contributed by atoms with Crippen molar-refractivity contribution in [1.29, 1.82) is 0 Å². The summed E-state index contributed by atoms with van der Waals surface area (Å²) < 4.78 is 0. The number of hydrogen-bond acceptors (Lipinski definition) is 4. The molecule has 0 amide bonds. The van der Waals surface area contributed by atoms with Crippen molar-refractivity contribution in [3.05, 3.63) is 52.7 Å². The standard InChI is InChI=1S/C11H9N3O2/c12-11-10(5-2-6-13-11)8-3-1-4-9(7-8)14(15)16/h1-7H,(H2,12,13). The van der Waals surface area contributed by atoms with Gasteiger partial charge in [-0.2, -0.15) is 0 Å². The third-order valence-corrected chi connectivity index (χ3v) is 2.21. The number of hydrogen-bond donors (Lipinski definition) is 1. The van der Waals surface area contributed by atoms with Crippen LogP contribution in [0, 0.1) is 10.1 Å². The van der Waals surface area contributed by atoms with Crippen LogP contribution in [0.1, 0.15) is 0 Å². The fraction of sp³-hybridized carbons (Fsp3) is 0. The first kappa shape index (κ1) is 10.1. The highest BCUT2D eigenvalue weighted by Crippen LogP contribution is 2.26. The number of nitro benzene ring substituents is 1. The fourth-order valence-corrected chi connectivity index (χ4v) is 1.45. The van der Waals surface area contributed by atoms with Crippen LogP contribution < -0.4 is 5.73 Å². The van der Waals surface area contributed by atoms with Crippen LogP contribution in [-0.2, 0) is 0 Å². The molecule has 0 aliphatic rings. The summed E-state index contributed by atoms with van der Waals surface area (Å²) in [6.07, 6.45) is 1.58. The third kappa shape index (κ3) is 1.83. The number of nitro groups is 1. The summed E-state index contributed by atoms with van der Waals surface area (Å²) in [6, 6.07) is 9.83. The highest BCUT2D eigenvalue weighted by Gasteiger charge is 2.08. The summed E-state index contributed by atoms with van der Waals surface area (Å²) in [6.45, 7) is 0. The molecule has 1 aromatic heterocycles. The van der Waals surface area contributed by atoms with Crippen LogP contribution >= 0.6 is 0 Å². The normalized spacial score (nSPS) is 10.0. The molecule has 0 aliphatic carbocycles. The van der Waals surface area contributed by atoms with E-state index in [-0.39, 0.29) is 5.69 Å². The maximum atomic E-state index is 10.6. The Morgan fingerprint density at radius 1 is 1.25 bits per heavy atom. The van der Waals surface area contributed by atoms with E-state index in [4.69, 9.17) is 5.73 Å². The Kier molecular flexibility index (Phi) is 2.51. The van der Waals surface area contributed by atoms with E-state index in [0.717, 1.165) is 0 Å². The van der Waals surface area contributed by atoms with Gasteiger partial charge in [0.25, 0.3) is 5.69 Å². The molecule has 0 bridgehead atoms. The second-order valence-electron chi connectivity index (χ2n) is 3.24. The smallest absolute Gasteiger partial charge is 0.270 e. The first-order valence-electron chi connectivity index (χ1n) is 4.64. The van der Waals surface area contributed by atoms with Gasteiger partial charge in [0, 0.05) is 23.9 Å². The predicted molar refractivity (Wildman–Crippen MR) is 60.7 cm³/mol. The average Bonchev–Trinajstić information content (AvgIpc) is 2.30. The lowest BCUT2D eigenvalue weighted by atomic mass is 10.1. The number of anilines is 1. The largest absolute Gasteiger partial charge is 0.383 e. The lowest BCUT2D eigenvalue weighted by Gasteiger charge is -2.03. The summed E-state index contributed by atoms with van der Waals surface area (Å²) in [5, 5.41) is 10.6. The van der Waals surface area contributed by atoms with Crippen molar-refractivity contribution in [2.75, 3.05) is 5.73 Å². The monoisotopic (exact) mass is 215 g/mol. The van der Waals surface area contributed by atoms with Crippen LogP contribution in [0.15, 0.2) is 42.6 Å². The van der Waals surface area contributed by atoms with Crippen molar-refractivity contribution in [2.45, 2.75) is 0 Å². The van der Waals surface area contributed by atoms with Gasteiger partial charge >= 0.3 is 0 Å². The maximum Gasteiger partial charge on any atom is 0.270 e. The van der Waals surface area contributed by atoms with E-state index in [9.17, 15) is 10.1 Å². The molecular weight excluding hydrogens is 206 g/mol. The fourth-order valence-electron chi connectivity index (χ4n) is 1.45. The Bertz CT molecular complexity index is 540. The number of pyridine rings is 1. The molecule has 1 heterocycles. The van der Waals surface area contributed by atoms with Gasteiger partial charge in [0.2, 0.25) is 0 Å². The molecule has 80 valence electrons. The first-order valence-corrected chi connectivity index (χ1v) is 4.64. The van der Waals surface area contributed by atoms with Gasteiger partial charge in [0.15, 0.2) is 0 Å². The Labute approximate surface area is 91.7 Å². The lowest BCUT2D eigenvalue weighted by molar-refractivity contribution is -0.384. The number of rotatable bonds is 2. The van der Waals surface area contributed by atoms with Crippen LogP contribution in [0.5, 0.6) is 0 Å². The number of non-ortho nitro benzene ring substituents is 1. The maximum absolute atomic E-state index is 10.6. The minimum Gasteiger partial charge on any atom is -0.383 e. The van der Waals surface area contributed by atoms with Gasteiger partial charge in [0.1, 0.15) is 5.82 Å². The lowest BCUT2D eigenvalue weighted by Crippen LogP contribution is -1.94. The number of aromatic nitrogens is 1. The van der Waals surface area contributed by atoms with Crippen molar-refractivity contribution in [3.63, 3.8) is 0 Å². The van der Waals surface area contributed by atoms with Gasteiger partial charge in [-0.3, -0.25) is 10.1 Å². The number of benzene rings is 1. The zero-order valence-electron chi connectivity index (χ0n) is 8.33. The van der Waals surface area contributed by atoms with Crippen molar-refractivity contribution in [3.8, 4) is 11.1 Å². The summed E-state index contributed by atoms with van der Waals surface area (Å²) in [5.74, 6) is 0.364. The van der Waals surface area contributed by atoms with Gasteiger partial charge in [-0.25, -0.2) is 4.98 Å². The minimum atomic E-state index is -0.434. The van der Waals surface area contributed by atoms with Crippen molar-refractivity contribution in [2.24, 2.45) is 0 Å². The molecule has 2 rings (SSSR count). The Balaban J connectivity index is 2.53. The molecule has 0 spiro atoms. The van der Waals surface area contributed by atoms with Crippen LogP contribution in [0.3, 0.4) is 0 Å². The molecule has 0 fully saturated rings. The molecule has 16 heavy (non-hydrogen) atoms. The summed E-state index contributed by atoms with van der Waals surface area (Å²) >= 11 is 0. The van der Waals surface area contributed by atoms with E-state index in [1.165, 1.54) is 12.1 Å². The second kappa shape index (κ2) is 3.98. The molecule has 5 nitrogen and oxygen atoms in total. The molecule has 2 aromatic rings. The first-order chi connectivity index (χ1) is 7.68. The molecule has 0 aliphatic heterocycles. The Hall–Kier alpha value is -2.43. The Morgan fingerprint density at radius 2 is 2.06 bits per heavy atom. The molecule has 0 saturated carbocycles. The van der Waals surface area contributed by atoms with Gasteiger partial charge < -0.3 is 5.73 Å². The molecule has 0 radical (unpaired) electrons. The van der Waals surface area contributed by atoms with Crippen molar-refractivity contribution in [1.82, 2.24) is 4.98 Å². The SMILES string of the molecule is Nc1ncccc1-c1cccc([N+](=O)[O-])c1. The van der Waals surface area contributed by atoms with E-state index in [1.54, 1.807) is 30.5 Å². The van der Waals surface area contributed by atoms with Crippen molar-refractivity contribution < 1.29 is 4.92 Å². The van der Waals surface area contributed by atoms with Crippen LogP contribution in [0.25, 0.3) is 11.1 Å². The highest BCUT2D eigenvalue weighted by molar-refractivity contribution is 5.74. The molecule has 0 saturated heterocycles. The topological polar surface area (TPSA) is 82.0 Å². The number of nitrogens with zero attached hydrogens (tertiary/aromatic N) is 2. The quantitative estimate of drug-likeness (QED) is 0.615. The molecule has 1 aromatic carbocycles. The molecule has 2 N–H and O–H groups in total. The minimum absolute atomic E-state index is 0.0424. The third-order valence-electron chi connectivity index (χ3n) is 2.21. The zero-order chi connectivity index (χ0) is 11.5. The highest BCUT2D eigenvalue weighted by atomic mass is 16.6. The van der Waals surface area contributed by atoms with Crippen LogP contribution in [-0.4, -0.2) is 9.91 Å². The molecule has 0 unspecified atom stereocenters. The molecule has 0 atom stereocenters. The van der Waals surface area contributed by atoms with E-state index < -0.39 is 4.92 Å². The van der Waals surface area contributed by atoms with E-state index >= 15 is 0 Å². The summed E-state index contributed by atoms with van der Waals surface area (Å²) in [4.78, 5) is 14.1. The number of nitrogens with two attached hydrogens (primary N) is 1. The van der Waals surface area contributed by atoms with Crippen molar-refractivity contribution >= 4 is 11.5 Å². The van der Waals surface area contributed by atoms with Crippen LogP contribution in [0.4, 0.5) is 11.5 Å². The Morgan fingerprint density at radius 3 is 2.75 bits per heavy atom. The summed E-state index contributed by atoms with van der Waals surface area (Å²) in [5.41, 5.74) is 7.13. The van der Waals surface area contributed by atoms with E-state index in [1.807, 2.05) is 0 Å². The van der Waals surface area contributed by atoms with Gasteiger partial charge in [-0.1, -0.05) is 12.1 Å².